The second kappa shape index (κ2) is 13.7. The van der Waals surface area contributed by atoms with Gasteiger partial charge in [-0.2, -0.15) is 8.42 Å². The molecule has 0 aliphatic carbocycles. The van der Waals surface area contributed by atoms with Gasteiger partial charge in [0.2, 0.25) is 0 Å². The van der Waals surface area contributed by atoms with Crippen LogP contribution in [0.3, 0.4) is 0 Å². The van der Waals surface area contributed by atoms with E-state index in [9.17, 15) is 16.8 Å². The van der Waals surface area contributed by atoms with Crippen molar-refractivity contribution < 1.29 is 35.6 Å². The normalized spacial score (nSPS) is 16.9. The van der Waals surface area contributed by atoms with Gasteiger partial charge in [0.05, 0.1) is 55.0 Å². The van der Waals surface area contributed by atoms with Crippen molar-refractivity contribution in [2.24, 2.45) is 0 Å². The maximum Gasteiger partial charge on any atom is 0.297 e. The predicted molar refractivity (Wildman–Crippen MR) is 177 cm³/mol. The fraction of sp³-hybridized carbons (Fsp3) is 0.294. The van der Waals surface area contributed by atoms with Crippen molar-refractivity contribution >= 4 is 31.5 Å². The van der Waals surface area contributed by atoms with E-state index in [-0.39, 0.29) is 29.0 Å². The molecule has 0 bridgehead atoms. The molecule has 12 heteroatoms. The fourth-order valence-corrected chi connectivity index (χ4v) is 8.09. The first kappa shape index (κ1) is 33.3. The smallest absolute Gasteiger partial charge is 0.297 e. The van der Waals surface area contributed by atoms with Gasteiger partial charge < -0.3 is 19.9 Å². The fourth-order valence-electron chi connectivity index (χ4n) is 5.47. The number of methoxy groups -OCH3 is 2. The minimum atomic E-state index is -4.05. The van der Waals surface area contributed by atoms with Gasteiger partial charge >= 0.3 is 0 Å². The minimum Gasteiger partial charge on any atom is -0.497 e. The number of hydrogen-bond acceptors (Lipinski definition) is 9. The lowest BCUT2D eigenvalue weighted by Gasteiger charge is -2.27. The van der Waals surface area contributed by atoms with Crippen LogP contribution >= 0.6 is 0 Å². The Morgan fingerprint density at radius 3 is 1.91 bits per heavy atom. The van der Waals surface area contributed by atoms with Gasteiger partial charge in [-0.05, 0) is 98.5 Å². The molecule has 10 nitrogen and oxygen atoms in total. The number of ether oxygens (including phenoxy) is 2. The first-order chi connectivity index (χ1) is 21.9. The Bertz CT molecular complexity index is 1890. The van der Waals surface area contributed by atoms with Crippen molar-refractivity contribution in [2.75, 3.05) is 37.1 Å². The van der Waals surface area contributed by atoms with Crippen LogP contribution in [0, 0.1) is 13.8 Å². The van der Waals surface area contributed by atoms with Crippen molar-refractivity contribution in [1.82, 2.24) is 0 Å². The molecule has 0 amide bonds. The summed E-state index contributed by atoms with van der Waals surface area (Å²) in [5.41, 5.74) is 5.41. The van der Waals surface area contributed by atoms with Crippen molar-refractivity contribution in [3.05, 3.63) is 107 Å². The molecule has 2 heterocycles. The second-order valence-corrected chi connectivity index (χ2v) is 14.7. The highest BCUT2D eigenvalue weighted by Gasteiger charge is 2.39. The van der Waals surface area contributed by atoms with Crippen molar-refractivity contribution in [3.8, 4) is 11.5 Å². The molecule has 0 saturated carbocycles. The summed E-state index contributed by atoms with van der Waals surface area (Å²) in [6, 6.07) is 23.3. The third-order valence-electron chi connectivity index (χ3n) is 7.97. The summed E-state index contributed by atoms with van der Waals surface area (Å²) in [4.78, 5) is 0.154. The van der Waals surface area contributed by atoms with Crippen LogP contribution in [0.5, 0.6) is 11.5 Å². The Balaban J connectivity index is 0.000000266. The molecule has 0 saturated heterocycles. The Morgan fingerprint density at radius 2 is 1.33 bits per heavy atom. The van der Waals surface area contributed by atoms with Crippen molar-refractivity contribution in [1.29, 1.82) is 0 Å². The lowest BCUT2D eigenvalue weighted by Crippen LogP contribution is -2.41. The van der Waals surface area contributed by atoms with E-state index in [0.717, 1.165) is 34.5 Å². The summed E-state index contributed by atoms with van der Waals surface area (Å²) in [6.45, 7) is 3.59. The van der Waals surface area contributed by atoms with E-state index in [1.54, 1.807) is 61.7 Å². The highest BCUT2D eigenvalue weighted by molar-refractivity contribution is 7.93. The molecular formula is C34H38N2O8S2. The quantitative estimate of drug-likeness (QED) is 0.241. The minimum absolute atomic E-state index is 0.0261. The van der Waals surface area contributed by atoms with Crippen LogP contribution in [0.15, 0.2) is 94.7 Å². The molecule has 2 aliphatic heterocycles. The Kier molecular flexibility index (Phi) is 9.92. The predicted octanol–water partition coefficient (Wildman–Crippen LogP) is 4.86. The van der Waals surface area contributed by atoms with Crippen LogP contribution in [0.2, 0.25) is 0 Å². The highest BCUT2D eigenvalue weighted by Crippen LogP contribution is 2.39. The van der Waals surface area contributed by atoms with E-state index in [2.05, 4.69) is 5.32 Å². The molecule has 4 aromatic rings. The third-order valence-corrected chi connectivity index (χ3v) is 11.1. The van der Waals surface area contributed by atoms with Gasteiger partial charge in [0, 0.05) is 5.69 Å². The molecule has 2 N–H and O–H groups in total. The molecule has 0 fully saturated rings. The number of nitrogens with zero attached hydrogens (tertiary/aromatic N) is 1. The number of anilines is 2. The summed E-state index contributed by atoms with van der Waals surface area (Å²) in [5.74, 6) is 1.47. The van der Waals surface area contributed by atoms with Gasteiger partial charge in [-0.25, -0.2) is 8.42 Å². The first-order valence-corrected chi connectivity index (χ1v) is 17.6. The van der Waals surface area contributed by atoms with Crippen molar-refractivity contribution in [2.45, 2.75) is 48.6 Å². The van der Waals surface area contributed by atoms with Crippen LogP contribution < -0.4 is 19.1 Å². The summed E-state index contributed by atoms with van der Waals surface area (Å²) in [5, 5.41) is 12.2. The highest BCUT2D eigenvalue weighted by atomic mass is 32.2. The lowest BCUT2D eigenvalue weighted by atomic mass is 10.1. The summed E-state index contributed by atoms with van der Waals surface area (Å²) in [6.07, 6.45) is 1.17. The summed E-state index contributed by atoms with van der Waals surface area (Å²) < 4.78 is 69.6. The molecule has 0 spiro atoms. The van der Waals surface area contributed by atoms with E-state index in [1.807, 2.05) is 32.0 Å². The van der Waals surface area contributed by atoms with E-state index in [1.165, 1.54) is 29.1 Å². The van der Waals surface area contributed by atoms with Gasteiger partial charge in [0.25, 0.3) is 20.1 Å². The molecule has 4 aromatic carbocycles. The zero-order valence-corrected chi connectivity index (χ0v) is 27.8. The zero-order valence-electron chi connectivity index (χ0n) is 26.1. The Morgan fingerprint density at radius 1 is 0.761 bits per heavy atom. The number of rotatable bonds is 9. The lowest BCUT2D eigenvalue weighted by molar-refractivity contribution is 0.277. The molecule has 0 radical (unpaired) electrons. The number of benzene rings is 4. The summed E-state index contributed by atoms with van der Waals surface area (Å²) >= 11 is 0. The molecule has 0 aromatic heterocycles. The molecule has 6 rings (SSSR count). The van der Waals surface area contributed by atoms with E-state index in [0.29, 0.717) is 17.9 Å². The maximum atomic E-state index is 13.6. The summed E-state index contributed by atoms with van der Waals surface area (Å²) in [7, 11) is -4.81. The Labute approximate surface area is 270 Å². The van der Waals surface area contributed by atoms with E-state index < -0.39 is 26.2 Å². The van der Waals surface area contributed by atoms with E-state index in [4.69, 9.17) is 18.8 Å². The average molecular weight is 667 g/mol. The Hall–Kier alpha value is -4.10. The topological polar surface area (TPSA) is 131 Å². The number of hydrogen-bond donors (Lipinski definition) is 2. The van der Waals surface area contributed by atoms with Gasteiger partial charge in [0.1, 0.15) is 11.5 Å². The van der Waals surface area contributed by atoms with Crippen molar-refractivity contribution in [3.63, 3.8) is 0 Å². The maximum absolute atomic E-state index is 13.6. The largest absolute Gasteiger partial charge is 0.497 e. The monoisotopic (exact) mass is 666 g/mol. The number of fused-ring (bicyclic) bond motifs is 2. The van der Waals surface area contributed by atoms with Gasteiger partial charge in [-0.3, -0.25) is 8.49 Å². The molecule has 46 heavy (non-hydrogen) atoms. The standard InChI is InChI=1S/C24H25NO6S2.C10H13NO2/c1-17-4-9-22(10-5-17)32(26,27)25-20(14-19-15-21(30-3)8-13-24(19)25)16-31-33(28,29)23-11-6-18(2)7-12-23;1-13-9-2-3-10-7(5-9)4-8(6-12)11-10/h4-13,15,20H,14,16H2,1-3H3;2-3,5,8,11-12H,4,6H2,1H3. The molecule has 2 unspecified atom stereocenters. The van der Waals surface area contributed by atoms with Crippen LogP contribution in [0.25, 0.3) is 0 Å². The number of aliphatic hydroxyl groups is 1. The number of nitrogens with one attached hydrogen (secondary N) is 1. The molecule has 2 aliphatic rings. The SMILES string of the molecule is COc1ccc2c(c1)CC(CO)N2.COc1ccc2c(c1)CC(COS(=O)(=O)c1ccc(C)cc1)N2S(=O)(=O)c1ccc(C)cc1. The molecule has 244 valence electrons. The van der Waals surface area contributed by atoms with Crippen LogP contribution in [-0.2, 0) is 37.2 Å². The average Bonchev–Trinajstić information content (AvgIpc) is 3.65. The van der Waals surface area contributed by atoms with Gasteiger partial charge in [-0.1, -0.05) is 35.4 Å². The van der Waals surface area contributed by atoms with Crippen LogP contribution in [0.1, 0.15) is 22.3 Å². The van der Waals surface area contributed by atoms with Gasteiger partial charge in [-0.15, -0.1) is 0 Å². The third kappa shape index (κ3) is 7.15. The van der Waals surface area contributed by atoms with Gasteiger partial charge in [0.15, 0.2) is 0 Å². The van der Waals surface area contributed by atoms with E-state index >= 15 is 0 Å². The van der Waals surface area contributed by atoms with Crippen LogP contribution in [-0.4, -0.2) is 61.5 Å². The number of aliphatic hydroxyl groups excluding tert-OH is 1. The second-order valence-electron chi connectivity index (χ2n) is 11.3. The van der Waals surface area contributed by atoms with Crippen LogP contribution in [0.4, 0.5) is 11.4 Å². The number of aryl methyl sites for hydroxylation is 2. The number of sulfonamides is 1. The molecular weight excluding hydrogens is 629 g/mol. The zero-order chi connectivity index (χ0) is 33.1. The first-order valence-electron chi connectivity index (χ1n) is 14.7. The molecule has 2 atom stereocenters.